The molecule has 0 aromatic heterocycles. The van der Waals surface area contributed by atoms with Gasteiger partial charge in [0.1, 0.15) is 0 Å². The third-order valence-corrected chi connectivity index (χ3v) is 6.12. The average molecular weight is 345 g/mol. The van der Waals surface area contributed by atoms with Crippen LogP contribution in [0.25, 0.3) is 0 Å². The number of carbonyl (C=O) groups is 1. The maximum absolute atomic E-state index is 11.9. The van der Waals surface area contributed by atoms with Crippen molar-refractivity contribution in [2.24, 2.45) is 0 Å². The summed E-state index contributed by atoms with van der Waals surface area (Å²) >= 11 is 24.6. The molecule has 0 bridgehead atoms. The van der Waals surface area contributed by atoms with Gasteiger partial charge >= 0.3 is 0 Å². The minimum Gasteiger partial charge on any atom is -0.281 e. The van der Waals surface area contributed by atoms with E-state index in [9.17, 15) is 4.79 Å². The van der Waals surface area contributed by atoms with E-state index in [4.69, 9.17) is 46.4 Å². The fourth-order valence-corrected chi connectivity index (χ4v) is 3.59. The first-order valence-electron chi connectivity index (χ1n) is 5.15. The molecule has 1 fully saturated rings. The van der Waals surface area contributed by atoms with Crippen molar-refractivity contribution in [3.05, 3.63) is 35.9 Å². The lowest BCUT2D eigenvalue weighted by molar-refractivity contribution is -0.125. The van der Waals surface area contributed by atoms with E-state index in [0.29, 0.717) is 13.0 Å². The number of nitrogens with zero attached hydrogens (tertiary/aromatic N) is 1. The van der Waals surface area contributed by atoms with Crippen LogP contribution in [0, 0.1) is 0 Å². The molecular formula is C11H9Cl4NOS. The molecule has 0 aliphatic carbocycles. The van der Waals surface area contributed by atoms with Crippen molar-refractivity contribution in [1.29, 1.82) is 0 Å². The van der Waals surface area contributed by atoms with Crippen molar-refractivity contribution in [3.8, 4) is 0 Å². The second-order valence-corrected chi connectivity index (χ2v) is 8.16. The molecule has 0 saturated carbocycles. The summed E-state index contributed by atoms with van der Waals surface area (Å²) in [6, 6.07) is 9.78. The average Bonchev–Trinajstić information content (AvgIpc) is 2.48. The summed E-state index contributed by atoms with van der Waals surface area (Å²) in [5.74, 6) is -0.475. The number of hydrogen-bond donors (Lipinski definition) is 0. The summed E-state index contributed by atoms with van der Waals surface area (Å²) in [4.78, 5) is 11.9. The summed E-state index contributed by atoms with van der Waals surface area (Å²) < 4.78 is -1.95. The van der Waals surface area contributed by atoms with Gasteiger partial charge < -0.3 is 0 Å². The zero-order valence-electron chi connectivity index (χ0n) is 9.08. The van der Waals surface area contributed by atoms with Crippen LogP contribution in [-0.4, -0.2) is 24.8 Å². The van der Waals surface area contributed by atoms with E-state index in [1.165, 1.54) is 4.31 Å². The van der Waals surface area contributed by atoms with Crippen LogP contribution in [0.5, 0.6) is 0 Å². The second kappa shape index (κ2) is 5.29. The molecule has 1 heterocycles. The van der Waals surface area contributed by atoms with Gasteiger partial charge in [-0.15, -0.1) is 0 Å². The molecule has 2 nitrogen and oxygen atoms in total. The number of carbonyl (C=O) groups excluding carboxylic acids is 1. The van der Waals surface area contributed by atoms with E-state index < -0.39 is 13.9 Å². The van der Waals surface area contributed by atoms with E-state index in [0.717, 1.165) is 17.5 Å². The number of alkyl halides is 4. The van der Waals surface area contributed by atoms with Gasteiger partial charge in [0.05, 0.1) is 0 Å². The van der Waals surface area contributed by atoms with Gasteiger partial charge in [0.2, 0.25) is 8.00 Å². The molecule has 1 aromatic carbocycles. The van der Waals surface area contributed by atoms with Crippen LogP contribution in [0.2, 0.25) is 0 Å². The fourth-order valence-electron chi connectivity index (χ4n) is 1.54. The molecule has 7 heteroatoms. The lowest BCUT2D eigenvalue weighted by Gasteiger charge is -2.18. The van der Waals surface area contributed by atoms with Crippen LogP contribution in [-0.2, 0) is 11.2 Å². The van der Waals surface area contributed by atoms with Crippen molar-refractivity contribution in [1.82, 2.24) is 4.31 Å². The first-order chi connectivity index (χ1) is 8.34. The van der Waals surface area contributed by atoms with E-state index in [1.807, 2.05) is 30.3 Å². The van der Waals surface area contributed by atoms with Gasteiger partial charge in [-0.3, -0.25) is 9.10 Å². The monoisotopic (exact) mass is 343 g/mol. The molecular weight excluding hydrogens is 336 g/mol. The smallest absolute Gasteiger partial charge is 0.273 e. The fraction of sp³-hybridized carbons (Fsp3) is 0.364. The topological polar surface area (TPSA) is 20.3 Å². The molecule has 1 aromatic rings. The molecule has 0 unspecified atom stereocenters. The van der Waals surface area contributed by atoms with Crippen molar-refractivity contribution in [3.63, 3.8) is 0 Å². The largest absolute Gasteiger partial charge is 0.281 e. The van der Waals surface area contributed by atoms with E-state index in [1.54, 1.807) is 0 Å². The Labute approximate surface area is 130 Å². The Bertz CT molecular complexity index is 452. The zero-order valence-corrected chi connectivity index (χ0v) is 12.9. The summed E-state index contributed by atoms with van der Waals surface area (Å²) in [5, 5.41) is 0. The first-order valence-corrected chi connectivity index (χ1v) is 7.44. The maximum Gasteiger partial charge on any atom is 0.273 e. The van der Waals surface area contributed by atoms with Gasteiger partial charge in [-0.25, -0.2) is 0 Å². The zero-order chi connectivity index (χ0) is 13.4. The Hall–Kier alpha value is 0.200. The third kappa shape index (κ3) is 2.70. The number of hydrogen-bond acceptors (Lipinski definition) is 2. The number of amides is 1. The quantitative estimate of drug-likeness (QED) is 0.609. The summed E-state index contributed by atoms with van der Waals surface area (Å²) in [6.45, 7) is 0.454. The molecule has 1 aliphatic rings. The second-order valence-electron chi connectivity index (χ2n) is 3.83. The number of rotatable bonds is 3. The highest BCUT2D eigenvalue weighted by Gasteiger charge is 2.62. The molecule has 0 radical (unpaired) electrons. The number of benzene rings is 1. The molecule has 1 aliphatic heterocycles. The Morgan fingerprint density at radius 2 is 1.72 bits per heavy atom. The van der Waals surface area contributed by atoms with Crippen LogP contribution in [0.1, 0.15) is 5.56 Å². The van der Waals surface area contributed by atoms with Crippen molar-refractivity contribution in [2.45, 2.75) is 14.4 Å². The van der Waals surface area contributed by atoms with Crippen LogP contribution in [0.3, 0.4) is 0 Å². The summed E-state index contributed by atoms with van der Waals surface area (Å²) in [6.07, 6.45) is 0.688. The van der Waals surface area contributed by atoms with E-state index in [2.05, 4.69) is 0 Å². The summed E-state index contributed by atoms with van der Waals surface area (Å²) in [5.41, 5.74) is 1.11. The highest BCUT2D eigenvalue weighted by Crippen LogP contribution is 2.58. The molecule has 0 spiro atoms. The number of halogens is 4. The lowest BCUT2D eigenvalue weighted by Crippen LogP contribution is -2.37. The highest BCUT2D eigenvalue weighted by molar-refractivity contribution is 8.02. The molecule has 0 N–H and O–H groups in total. The molecule has 2 rings (SSSR count). The third-order valence-electron chi connectivity index (χ3n) is 2.53. The van der Waals surface area contributed by atoms with Crippen molar-refractivity contribution in [2.75, 3.05) is 6.54 Å². The van der Waals surface area contributed by atoms with Gasteiger partial charge in [-0.2, -0.15) is 0 Å². The Morgan fingerprint density at radius 3 is 2.22 bits per heavy atom. The van der Waals surface area contributed by atoms with Gasteiger partial charge in [-0.05, 0) is 23.9 Å². The van der Waals surface area contributed by atoms with Gasteiger partial charge in [0, 0.05) is 6.54 Å². The minimum absolute atomic E-state index is 0.454. The van der Waals surface area contributed by atoms with Crippen LogP contribution in [0.15, 0.2) is 30.3 Å². The normalized spacial score (nSPS) is 21.3. The maximum atomic E-state index is 11.9. The Balaban J connectivity index is 2.02. The molecule has 0 atom stereocenters. The van der Waals surface area contributed by atoms with E-state index >= 15 is 0 Å². The van der Waals surface area contributed by atoms with Gasteiger partial charge in [-0.1, -0.05) is 76.7 Å². The molecule has 1 amide bonds. The van der Waals surface area contributed by atoms with Crippen LogP contribution in [0.4, 0.5) is 0 Å². The predicted molar refractivity (Wildman–Crippen MR) is 78.3 cm³/mol. The first kappa shape index (κ1) is 14.6. The standard InChI is InChI=1S/C11H9Cl4NOS/c12-10(13)9(17)16(18-11(10,14)15)7-6-8-4-2-1-3-5-8/h1-5H,6-7H2. The van der Waals surface area contributed by atoms with Gasteiger partial charge in [0.15, 0.2) is 0 Å². The van der Waals surface area contributed by atoms with Crippen molar-refractivity contribution >= 4 is 64.3 Å². The Morgan fingerprint density at radius 1 is 1.11 bits per heavy atom. The Kier molecular flexibility index (Phi) is 4.30. The predicted octanol–water partition coefficient (Wildman–Crippen LogP) is 4.02. The molecule has 98 valence electrons. The lowest BCUT2D eigenvalue weighted by atomic mass is 10.1. The molecule has 18 heavy (non-hydrogen) atoms. The highest BCUT2D eigenvalue weighted by atomic mass is 35.5. The van der Waals surface area contributed by atoms with Crippen molar-refractivity contribution < 1.29 is 4.79 Å². The summed E-state index contributed by atoms with van der Waals surface area (Å²) in [7, 11) is 0. The minimum atomic E-state index is -1.81. The van der Waals surface area contributed by atoms with Crippen LogP contribution < -0.4 is 0 Å². The van der Waals surface area contributed by atoms with Crippen LogP contribution >= 0.6 is 58.4 Å². The van der Waals surface area contributed by atoms with E-state index in [-0.39, 0.29) is 0 Å². The van der Waals surface area contributed by atoms with Gasteiger partial charge in [0.25, 0.3) is 5.91 Å². The molecule has 1 saturated heterocycles. The SMILES string of the molecule is O=C1N(CCc2ccccc2)SC(Cl)(Cl)C1(Cl)Cl.